The molecule has 2 amide bonds. The van der Waals surface area contributed by atoms with Gasteiger partial charge < -0.3 is 14.9 Å². The summed E-state index contributed by atoms with van der Waals surface area (Å²) in [6.07, 6.45) is 1.14. The molecule has 3 N–H and O–H groups in total. The molecule has 0 atom stereocenters. The third-order valence-corrected chi connectivity index (χ3v) is 4.50. The Kier molecular flexibility index (Phi) is 7.06. The number of hydrazine groups is 1. The standard InChI is InChI=1S/C15H22N8O5S/c1-6-28-13-11(12(16-8-17-13)21-23(3)4)29(25,26)22-15(24)20-14-18-9(2)7-10(19-14)27-5/h7-8H,6H2,1-5H3,(H,16,17,21)(H2,18,19,20,22,24). The van der Waals surface area contributed by atoms with Crippen molar-refractivity contribution in [2.45, 2.75) is 18.7 Å². The lowest BCUT2D eigenvalue weighted by Gasteiger charge is -2.18. The number of methoxy groups -OCH3 is 1. The number of nitrogens with zero attached hydrogens (tertiary/aromatic N) is 5. The van der Waals surface area contributed by atoms with Crippen LogP contribution in [0.2, 0.25) is 0 Å². The van der Waals surface area contributed by atoms with E-state index in [0.29, 0.717) is 5.69 Å². The van der Waals surface area contributed by atoms with E-state index in [1.807, 2.05) is 4.72 Å². The van der Waals surface area contributed by atoms with E-state index in [4.69, 9.17) is 9.47 Å². The van der Waals surface area contributed by atoms with Crippen molar-refractivity contribution >= 4 is 27.8 Å². The number of aromatic nitrogens is 4. The van der Waals surface area contributed by atoms with Gasteiger partial charge in [-0.15, -0.1) is 0 Å². The average Bonchev–Trinajstić information content (AvgIpc) is 2.60. The number of sulfonamides is 1. The summed E-state index contributed by atoms with van der Waals surface area (Å²) in [5.74, 6) is -0.193. The second kappa shape index (κ2) is 9.29. The molecular weight excluding hydrogens is 404 g/mol. The molecule has 0 radical (unpaired) electrons. The summed E-state index contributed by atoms with van der Waals surface area (Å²) >= 11 is 0. The Morgan fingerprint density at radius 2 is 1.97 bits per heavy atom. The molecular formula is C15H22N8O5S. The molecule has 0 saturated carbocycles. The summed E-state index contributed by atoms with van der Waals surface area (Å²) in [5, 5.41) is 3.73. The molecule has 0 spiro atoms. The summed E-state index contributed by atoms with van der Waals surface area (Å²) in [7, 11) is 0.261. The molecule has 0 aliphatic rings. The van der Waals surface area contributed by atoms with Gasteiger partial charge in [0.2, 0.25) is 17.7 Å². The molecule has 158 valence electrons. The molecule has 0 aromatic carbocycles. The number of hydrogen-bond acceptors (Lipinski definition) is 11. The zero-order valence-corrected chi connectivity index (χ0v) is 17.4. The van der Waals surface area contributed by atoms with Crippen molar-refractivity contribution in [1.82, 2.24) is 29.7 Å². The van der Waals surface area contributed by atoms with Crippen LogP contribution in [0.5, 0.6) is 11.8 Å². The molecule has 0 saturated heterocycles. The Hall–Kier alpha value is -3.26. The highest BCUT2D eigenvalue weighted by Gasteiger charge is 2.29. The van der Waals surface area contributed by atoms with E-state index in [-0.39, 0.29) is 30.1 Å². The molecule has 29 heavy (non-hydrogen) atoms. The fourth-order valence-corrected chi connectivity index (χ4v) is 3.22. The lowest BCUT2D eigenvalue weighted by Crippen LogP contribution is -2.36. The fourth-order valence-electron chi connectivity index (χ4n) is 2.13. The van der Waals surface area contributed by atoms with Gasteiger partial charge in [0.25, 0.3) is 10.0 Å². The van der Waals surface area contributed by atoms with Crippen molar-refractivity contribution in [2.24, 2.45) is 0 Å². The Labute approximate surface area is 167 Å². The van der Waals surface area contributed by atoms with Crippen LogP contribution in [0.3, 0.4) is 0 Å². The van der Waals surface area contributed by atoms with Gasteiger partial charge in [-0.25, -0.2) is 37.9 Å². The van der Waals surface area contributed by atoms with Crippen LogP contribution >= 0.6 is 0 Å². The van der Waals surface area contributed by atoms with Crippen LogP contribution < -0.4 is 24.9 Å². The van der Waals surface area contributed by atoms with Gasteiger partial charge in [0.05, 0.1) is 13.7 Å². The van der Waals surface area contributed by atoms with Gasteiger partial charge in [0.1, 0.15) is 6.33 Å². The lowest BCUT2D eigenvalue weighted by molar-refractivity contribution is 0.256. The predicted octanol–water partition coefficient (Wildman–Crippen LogP) is 0.381. The third-order valence-electron chi connectivity index (χ3n) is 3.14. The first-order chi connectivity index (χ1) is 13.7. The van der Waals surface area contributed by atoms with Crippen LogP contribution in [0.1, 0.15) is 12.6 Å². The minimum Gasteiger partial charge on any atom is -0.481 e. The molecule has 0 aliphatic carbocycles. The molecule has 0 fully saturated rings. The fraction of sp³-hybridized carbons (Fsp3) is 0.400. The summed E-state index contributed by atoms with van der Waals surface area (Å²) in [5.41, 5.74) is 3.25. The van der Waals surface area contributed by atoms with E-state index in [0.717, 1.165) is 6.33 Å². The zero-order chi connectivity index (χ0) is 21.6. The van der Waals surface area contributed by atoms with Gasteiger partial charge in [-0.05, 0) is 13.8 Å². The van der Waals surface area contributed by atoms with Crippen LogP contribution in [0, 0.1) is 6.92 Å². The van der Waals surface area contributed by atoms with Gasteiger partial charge in [-0.1, -0.05) is 0 Å². The van der Waals surface area contributed by atoms with Crippen LogP contribution in [-0.4, -0.2) is 67.2 Å². The van der Waals surface area contributed by atoms with Crippen molar-refractivity contribution in [1.29, 1.82) is 0 Å². The van der Waals surface area contributed by atoms with E-state index in [2.05, 4.69) is 30.7 Å². The van der Waals surface area contributed by atoms with E-state index in [9.17, 15) is 13.2 Å². The number of carbonyl (C=O) groups is 1. The number of rotatable bonds is 8. The van der Waals surface area contributed by atoms with Crippen molar-refractivity contribution in [2.75, 3.05) is 38.6 Å². The Morgan fingerprint density at radius 3 is 2.59 bits per heavy atom. The number of aryl methyl sites for hydroxylation is 1. The summed E-state index contributed by atoms with van der Waals surface area (Å²) in [6.45, 7) is 3.49. The quantitative estimate of drug-likeness (QED) is 0.500. The van der Waals surface area contributed by atoms with Gasteiger partial charge in [0, 0.05) is 25.9 Å². The molecule has 0 bridgehead atoms. The number of ether oxygens (including phenoxy) is 2. The number of urea groups is 1. The maximum Gasteiger partial charge on any atom is 0.335 e. The lowest BCUT2D eigenvalue weighted by atomic mass is 10.4. The van der Waals surface area contributed by atoms with Crippen molar-refractivity contribution in [3.63, 3.8) is 0 Å². The third kappa shape index (κ3) is 5.86. The largest absolute Gasteiger partial charge is 0.481 e. The van der Waals surface area contributed by atoms with Gasteiger partial charge in [0.15, 0.2) is 10.7 Å². The minimum absolute atomic E-state index is 0.0674. The number of anilines is 2. The Bertz CT molecular complexity index is 983. The maximum absolute atomic E-state index is 12.9. The first kappa shape index (κ1) is 22.0. The smallest absolute Gasteiger partial charge is 0.335 e. The van der Waals surface area contributed by atoms with E-state index < -0.39 is 20.9 Å². The monoisotopic (exact) mass is 426 g/mol. The molecule has 2 rings (SSSR count). The molecule has 2 heterocycles. The number of carbonyl (C=O) groups excluding carboxylic acids is 1. The number of nitrogens with one attached hydrogen (secondary N) is 3. The normalized spacial score (nSPS) is 11.1. The highest BCUT2D eigenvalue weighted by molar-refractivity contribution is 7.90. The topological polar surface area (TPSA) is 161 Å². The summed E-state index contributed by atoms with van der Waals surface area (Å²) in [6, 6.07) is 0.467. The van der Waals surface area contributed by atoms with E-state index >= 15 is 0 Å². The number of amides is 2. The Morgan fingerprint density at radius 1 is 1.24 bits per heavy atom. The molecule has 14 heteroatoms. The molecule has 2 aromatic heterocycles. The van der Waals surface area contributed by atoms with Crippen molar-refractivity contribution < 1.29 is 22.7 Å². The molecule has 13 nitrogen and oxygen atoms in total. The number of hydrogen-bond donors (Lipinski definition) is 3. The summed E-state index contributed by atoms with van der Waals surface area (Å²) < 4.78 is 37.9. The molecule has 0 aliphatic heterocycles. The highest BCUT2D eigenvalue weighted by Crippen LogP contribution is 2.27. The predicted molar refractivity (Wildman–Crippen MR) is 103 cm³/mol. The van der Waals surface area contributed by atoms with Crippen molar-refractivity contribution in [3.05, 3.63) is 18.1 Å². The second-order valence-electron chi connectivity index (χ2n) is 5.73. The molecule has 2 aromatic rings. The maximum atomic E-state index is 12.9. The SMILES string of the molecule is CCOc1ncnc(NN(C)C)c1S(=O)(=O)NC(=O)Nc1nc(C)cc(OC)n1. The van der Waals surface area contributed by atoms with E-state index in [1.54, 1.807) is 34.0 Å². The van der Waals surface area contributed by atoms with Gasteiger partial charge >= 0.3 is 6.03 Å². The minimum atomic E-state index is -4.42. The van der Waals surface area contributed by atoms with Crippen LogP contribution in [0.15, 0.2) is 17.3 Å². The first-order valence-corrected chi connectivity index (χ1v) is 9.79. The first-order valence-electron chi connectivity index (χ1n) is 8.31. The zero-order valence-electron chi connectivity index (χ0n) is 16.5. The highest BCUT2D eigenvalue weighted by atomic mass is 32.2. The van der Waals surface area contributed by atoms with E-state index in [1.165, 1.54) is 12.1 Å². The van der Waals surface area contributed by atoms with Crippen molar-refractivity contribution in [3.8, 4) is 11.8 Å². The van der Waals surface area contributed by atoms with Gasteiger partial charge in [-0.3, -0.25) is 5.32 Å². The Balaban J connectivity index is 2.33. The van der Waals surface area contributed by atoms with Crippen LogP contribution in [0.25, 0.3) is 0 Å². The van der Waals surface area contributed by atoms with Gasteiger partial charge in [-0.2, -0.15) is 4.98 Å². The second-order valence-corrected chi connectivity index (χ2v) is 7.35. The van der Waals surface area contributed by atoms with Crippen LogP contribution in [-0.2, 0) is 10.0 Å². The average molecular weight is 426 g/mol. The molecule has 0 unspecified atom stereocenters. The summed E-state index contributed by atoms with van der Waals surface area (Å²) in [4.78, 5) is 27.6. The van der Waals surface area contributed by atoms with Crippen LogP contribution in [0.4, 0.5) is 16.6 Å².